The molecule has 3 nitrogen and oxygen atoms in total. The second-order valence-corrected chi connectivity index (χ2v) is 6.76. The summed E-state index contributed by atoms with van der Waals surface area (Å²) in [6.45, 7) is 0.679. The largest absolute Gasteiger partial charge is 0.354 e. The lowest BCUT2D eigenvalue weighted by atomic mass is 9.82. The lowest BCUT2D eigenvalue weighted by Gasteiger charge is -2.33. The number of carbonyl (C=O) groups excluding carboxylic acids is 1. The van der Waals surface area contributed by atoms with Gasteiger partial charge in [-0.1, -0.05) is 44.9 Å². The molecule has 0 radical (unpaired) electrons. The molecule has 0 aromatic heterocycles. The van der Waals surface area contributed by atoms with Crippen LogP contribution in [0.15, 0.2) is 0 Å². The maximum atomic E-state index is 12.0. The first-order chi connectivity index (χ1) is 9.18. The molecule has 2 saturated carbocycles. The molecule has 0 atom stereocenters. The van der Waals surface area contributed by atoms with Crippen molar-refractivity contribution in [3.8, 4) is 0 Å². The lowest BCUT2D eigenvalue weighted by Crippen LogP contribution is -2.51. The normalized spacial score (nSPS) is 24.7. The Morgan fingerprint density at radius 3 is 2.21 bits per heavy atom. The summed E-state index contributed by atoms with van der Waals surface area (Å²) in [7, 11) is 0. The Kier molecular flexibility index (Phi) is 5.68. The molecule has 3 N–H and O–H groups in total. The first kappa shape index (κ1) is 14.8. The van der Waals surface area contributed by atoms with Crippen LogP contribution < -0.4 is 11.1 Å². The third kappa shape index (κ3) is 5.13. The Labute approximate surface area is 117 Å². The molecule has 3 heteroatoms. The van der Waals surface area contributed by atoms with Gasteiger partial charge in [0.25, 0.3) is 0 Å². The number of carbonyl (C=O) groups is 1. The molecule has 0 unspecified atom stereocenters. The van der Waals surface area contributed by atoms with E-state index >= 15 is 0 Å². The van der Waals surface area contributed by atoms with Gasteiger partial charge in [0.2, 0.25) is 5.91 Å². The van der Waals surface area contributed by atoms with E-state index in [-0.39, 0.29) is 11.4 Å². The maximum Gasteiger partial charge on any atom is 0.220 e. The SMILES string of the molecule is NC1(CNC(=O)CC2CCCCCC2)CCCCC1. The third-order valence-corrected chi connectivity index (χ3v) is 4.94. The smallest absolute Gasteiger partial charge is 0.220 e. The maximum absolute atomic E-state index is 12.0. The van der Waals surface area contributed by atoms with Crippen molar-refractivity contribution in [2.24, 2.45) is 11.7 Å². The summed E-state index contributed by atoms with van der Waals surface area (Å²) in [4.78, 5) is 12.0. The van der Waals surface area contributed by atoms with Crippen LogP contribution in [-0.4, -0.2) is 18.0 Å². The minimum Gasteiger partial charge on any atom is -0.354 e. The molecule has 110 valence electrons. The Bertz CT molecular complexity index is 276. The van der Waals surface area contributed by atoms with Crippen molar-refractivity contribution in [2.45, 2.75) is 82.6 Å². The van der Waals surface area contributed by atoms with Crippen molar-refractivity contribution in [1.29, 1.82) is 0 Å². The summed E-state index contributed by atoms with van der Waals surface area (Å²) in [5, 5.41) is 3.10. The highest BCUT2D eigenvalue weighted by atomic mass is 16.1. The van der Waals surface area contributed by atoms with Crippen molar-refractivity contribution in [3.63, 3.8) is 0 Å². The minimum absolute atomic E-state index is 0.128. The van der Waals surface area contributed by atoms with Crippen LogP contribution in [0.2, 0.25) is 0 Å². The van der Waals surface area contributed by atoms with Crippen LogP contribution >= 0.6 is 0 Å². The fourth-order valence-corrected chi connectivity index (χ4v) is 3.61. The van der Waals surface area contributed by atoms with Gasteiger partial charge in [-0.2, -0.15) is 0 Å². The summed E-state index contributed by atoms with van der Waals surface area (Å²) in [5.74, 6) is 0.838. The monoisotopic (exact) mass is 266 g/mol. The summed E-state index contributed by atoms with van der Waals surface area (Å²) in [6.07, 6.45) is 14.4. The molecule has 0 saturated heterocycles. The van der Waals surface area contributed by atoms with Gasteiger partial charge in [0, 0.05) is 18.5 Å². The van der Waals surface area contributed by atoms with Crippen molar-refractivity contribution >= 4 is 5.91 Å². The molecule has 2 aliphatic rings. The van der Waals surface area contributed by atoms with Gasteiger partial charge in [0.05, 0.1) is 0 Å². The zero-order chi connectivity index (χ0) is 13.6. The van der Waals surface area contributed by atoms with Crippen molar-refractivity contribution in [2.75, 3.05) is 6.54 Å². The third-order valence-electron chi connectivity index (χ3n) is 4.94. The average molecular weight is 266 g/mol. The average Bonchev–Trinajstić information content (AvgIpc) is 2.66. The first-order valence-corrected chi connectivity index (χ1v) is 8.24. The predicted octanol–water partition coefficient (Wildman–Crippen LogP) is 3.12. The van der Waals surface area contributed by atoms with Gasteiger partial charge in [-0.25, -0.2) is 0 Å². The minimum atomic E-state index is -0.128. The van der Waals surface area contributed by atoms with E-state index < -0.39 is 0 Å². The zero-order valence-electron chi connectivity index (χ0n) is 12.3. The predicted molar refractivity (Wildman–Crippen MR) is 78.8 cm³/mol. The van der Waals surface area contributed by atoms with Gasteiger partial charge < -0.3 is 11.1 Å². The van der Waals surface area contributed by atoms with Crippen LogP contribution in [0.5, 0.6) is 0 Å². The van der Waals surface area contributed by atoms with Crippen LogP contribution in [0.4, 0.5) is 0 Å². The Hall–Kier alpha value is -0.570. The number of hydrogen-bond donors (Lipinski definition) is 2. The quantitative estimate of drug-likeness (QED) is 0.768. The summed E-state index contributed by atoms with van der Waals surface area (Å²) >= 11 is 0. The number of rotatable bonds is 4. The summed E-state index contributed by atoms with van der Waals surface area (Å²) < 4.78 is 0. The Morgan fingerprint density at radius 2 is 1.58 bits per heavy atom. The zero-order valence-corrected chi connectivity index (χ0v) is 12.3. The van der Waals surface area contributed by atoms with Crippen LogP contribution in [-0.2, 0) is 4.79 Å². The summed E-state index contributed by atoms with van der Waals surface area (Å²) in [5.41, 5.74) is 6.22. The number of nitrogens with two attached hydrogens (primary N) is 1. The fourth-order valence-electron chi connectivity index (χ4n) is 3.61. The number of hydrogen-bond acceptors (Lipinski definition) is 2. The van der Waals surface area contributed by atoms with Gasteiger partial charge in [-0.3, -0.25) is 4.79 Å². The lowest BCUT2D eigenvalue weighted by molar-refractivity contribution is -0.122. The molecule has 2 aliphatic carbocycles. The van der Waals surface area contributed by atoms with E-state index in [1.54, 1.807) is 0 Å². The van der Waals surface area contributed by atoms with Gasteiger partial charge in [-0.15, -0.1) is 0 Å². The van der Waals surface area contributed by atoms with E-state index in [0.29, 0.717) is 12.5 Å². The molecule has 0 aromatic carbocycles. The Balaban J connectivity index is 1.68. The molecule has 0 aliphatic heterocycles. The van der Waals surface area contributed by atoms with Gasteiger partial charge >= 0.3 is 0 Å². The molecular formula is C16H30N2O. The van der Waals surface area contributed by atoms with E-state index in [1.807, 2.05) is 0 Å². The topological polar surface area (TPSA) is 55.1 Å². The van der Waals surface area contributed by atoms with Crippen molar-refractivity contribution < 1.29 is 4.79 Å². The molecule has 0 bridgehead atoms. The number of amides is 1. The molecular weight excluding hydrogens is 236 g/mol. The molecule has 2 rings (SSSR count). The first-order valence-electron chi connectivity index (χ1n) is 8.24. The fraction of sp³-hybridized carbons (Fsp3) is 0.938. The summed E-state index contributed by atoms with van der Waals surface area (Å²) in [6, 6.07) is 0. The standard InChI is InChI=1S/C16H30N2O/c17-16(10-6-3-7-11-16)13-18-15(19)12-14-8-4-1-2-5-9-14/h14H,1-13,17H2,(H,18,19). The van der Waals surface area contributed by atoms with Crippen LogP contribution in [0.25, 0.3) is 0 Å². The van der Waals surface area contributed by atoms with E-state index in [4.69, 9.17) is 5.73 Å². The van der Waals surface area contributed by atoms with Crippen LogP contribution in [0.1, 0.15) is 77.0 Å². The number of nitrogens with one attached hydrogen (secondary N) is 1. The molecule has 0 heterocycles. The molecule has 19 heavy (non-hydrogen) atoms. The van der Waals surface area contributed by atoms with Crippen molar-refractivity contribution in [3.05, 3.63) is 0 Å². The molecule has 0 spiro atoms. The highest BCUT2D eigenvalue weighted by molar-refractivity contribution is 5.76. The van der Waals surface area contributed by atoms with E-state index in [2.05, 4.69) is 5.32 Å². The Morgan fingerprint density at radius 1 is 1.00 bits per heavy atom. The van der Waals surface area contributed by atoms with E-state index in [0.717, 1.165) is 19.3 Å². The van der Waals surface area contributed by atoms with Crippen LogP contribution in [0, 0.1) is 5.92 Å². The highest BCUT2D eigenvalue weighted by Gasteiger charge is 2.28. The highest BCUT2D eigenvalue weighted by Crippen LogP contribution is 2.26. The van der Waals surface area contributed by atoms with E-state index in [9.17, 15) is 4.79 Å². The van der Waals surface area contributed by atoms with Crippen molar-refractivity contribution in [1.82, 2.24) is 5.32 Å². The second kappa shape index (κ2) is 7.28. The van der Waals surface area contributed by atoms with Gasteiger partial charge in [0.15, 0.2) is 0 Å². The van der Waals surface area contributed by atoms with Gasteiger partial charge in [-0.05, 0) is 31.6 Å². The van der Waals surface area contributed by atoms with Gasteiger partial charge in [0.1, 0.15) is 0 Å². The van der Waals surface area contributed by atoms with Crippen LogP contribution in [0.3, 0.4) is 0 Å². The molecule has 2 fully saturated rings. The second-order valence-electron chi connectivity index (χ2n) is 6.76. The molecule has 0 aromatic rings. The molecule has 1 amide bonds. The van der Waals surface area contributed by atoms with E-state index in [1.165, 1.54) is 57.8 Å².